The van der Waals surface area contributed by atoms with Crippen LogP contribution in [0, 0.1) is 5.41 Å². The topological polar surface area (TPSA) is 60.4 Å². The van der Waals surface area contributed by atoms with Gasteiger partial charge in [0.2, 0.25) is 0 Å². The fourth-order valence-electron chi connectivity index (χ4n) is 4.43. The molecule has 0 N–H and O–H groups in total. The molecule has 0 saturated carbocycles. The van der Waals surface area contributed by atoms with Gasteiger partial charge >= 0.3 is 5.91 Å². The molecule has 0 radical (unpaired) electrons. The minimum absolute atomic E-state index is 0.141. The first-order valence-corrected chi connectivity index (χ1v) is 10.9. The zero-order chi connectivity index (χ0) is 21.8. The number of likely N-dealkylation sites (tertiary alicyclic amines) is 1. The molecule has 29 heavy (non-hydrogen) atoms. The van der Waals surface area contributed by atoms with Crippen molar-refractivity contribution in [2.24, 2.45) is 5.41 Å². The van der Waals surface area contributed by atoms with Crippen LogP contribution in [0.2, 0.25) is 0 Å². The molecule has 0 aliphatic carbocycles. The lowest BCUT2D eigenvalue weighted by Gasteiger charge is -2.49. The summed E-state index contributed by atoms with van der Waals surface area (Å²) in [5, 5.41) is -0.436. The summed E-state index contributed by atoms with van der Waals surface area (Å²) in [6, 6.07) is 6.87. The highest BCUT2D eigenvalue weighted by Crippen LogP contribution is 2.40. The van der Waals surface area contributed by atoms with Gasteiger partial charge in [-0.05, 0) is 43.4 Å². The second-order valence-electron chi connectivity index (χ2n) is 8.64. The van der Waals surface area contributed by atoms with E-state index in [-0.39, 0.29) is 10.4 Å². The monoisotopic (exact) mass is 419 g/mol. The van der Waals surface area contributed by atoms with Gasteiger partial charge in [0.15, 0.2) is 0 Å². The van der Waals surface area contributed by atoms with Gasteiger partial charge in [-0.1, -0.05) is 39.8 Å². The zero-order valence-corrected chi connectivity index (χ0v) is 19.0. The Kier molecular flexibility index (Phi) is 7.57. The molecule has 1 amide bonds. The Morgan fingerprint density at radius 3 is 2.28 bits per heavy atom. The maximum absolute atomic E-state index is 13.6. The number of amides is 1. The molecule has 3 atom stereocenters. The van der Waals surface area contributed by atoms with Gasteiger partial charge in [0.05, 0.1) is 25.3 Å². The summed E-state index contributed by atoms with van der Waals surface area (Å²) in [5.41, 5.74) is 0.209. The van der Waals surface area contributed by atoms with Crippen LogP contribution in [0.3, 0.4) is 0 Å². The van der Waals surface area contributed by atoms with E-state index >= 15 is 0 Å². The summed E-state index contributed by atoms with van der Waals surface area (Å²) in [7, 11) is 1.61. The van der Waals surface area contributed by atoms with Crippen LogP contribution in [-0.2, 0) is 27.0 Å². The summed E-state index contributed by atoms with van der Waals surface area (Å²) in [6.07, 6.45) is 2.79. The Bertz CT molecular complexity index is 755. The van der Waals surface area contributed by atoms with E-state index in [1.807, 2.05) is 38.1 Å². The number of nitrogens with zero attached hydrogens (tertiary/aromatic N) is 1. The molecule has 2 rings (SSSR count). The number of ether oxygens (including phenoxy) is 1. The maximum atomic E-state index is 13.6. The van der Waals surface area contributed by atoms with E-state index in [0.717, 1.165) is 24.2 Å². The van der Waals surface area contributed by atoms with E-state index in [1.54, 1.807) is 21.0 Å². The van der Waals surface area contributed by atoms with Crippen LogP contribution in [0.25, 0.3) is 0 Å². The molecule has 1 heterocycles. The molecular formula is C23H33NO4S. The molecule has 0 bridgehead atoms. The second-order valence-corrected chi connectivity index (χ2v) is 9.04. The van der Waals surface area contributed by atoms with Gasteiger partial charge in [0, 0.05) is 11.3 Å². The largest absolute Gasteiger partial charge is 0.736 e. The average Bonchev–Trinajstić information content (AvgIpc) is 2.72. The van der Waals surface area contributed by atoms with Crippen LogP contribution in [0.5, 0.6) is 5.75 Å². The van der Waals surface area contributed by atoms with E-state index in [1.165, 1.54) is 0 Å². The number of hydrogen-bond acceptors (Lipinski definition) is 5. The highest BCUT2D eigenvalue weighted by atomic mass is 32.1. The summed E-state index contributed by atoms with van der Waals surface area (Å²) in [5.74, 6) is -0.311. The highest BCUT2D eigenvalue weighted by molar-refractivity contribution is 7.77. The third-order valence-corrected chi connectivity index (χ3v) is 6.73. The molecule has 6 heteroatoms. The lowest BCUT2D eigenvalue weighted by molar-refractivity contribution is -0.873. The van der Waals surface area contributed by atoms with Crippen LogP contribution in [-0.4, -0.2) is 47.5 Å². The number of carbonyl (C=O) groups excluding carboxylic acids is 3. The number of quaternary nitrogens is 1. The number of Topliss-reactive ketones (excluding diaryl/α,β-unsaturated/α-hetero) is 1. The number of benzene rings is 1. The molecule has 1 aliphatic heterocycles. The van der Waals surface area contributed by atoms with Crippen molar-refractivity contribution in [2.75, 3.05) is 20.2 Å². The van der Waals surface area contributed by atoms with Gasteiger partial charge in [0.25, 0.3) is 5.78 Å². The second kappa shape index (κ2) is 9.35. The van der Waals surface area contributed by atoms with Gasteiger partial charge in [0.1, 0.15) is 11.8 Å². The standard InChI is InChI=1S/C23H33NO4S/c1-6-14-24(21(26)20(25)23(3,4)7-2)15-8-9-18(19(24)22(27)29)16-10-12-17(28-5)13-11-16/h10-13,18-19H,6-9,14-15H2,1-5H3. The first-order chi connectivity index (χ1) is 13.6. The SMILES string of the molecule is CCC[N+]1(C(=O)C(=O)C(C)(C)CC)CCCC(c2ccc(OC)cc2)C1C(=O)[S-]. The molecular weight excluding hydrogens is 386 g/mol. The van der Waals surface area contributed by atoms with E-state index in [2.05, 4.69) is 0 Å². The number of methoxy groups -OCH3 is 1. The van der Waals surface area contributed by atoms with Crippen molar-refractivity contribution in [3.63, 3.8) is 0 Å². The molecule has 1 aromatic carbocycles. The minimum Gasteiger partial charge on any atom is -0.736 e. The number of carbonyl (C=O) groups is 3. The fourth-order valence-corrected chi connectivity index (χ4v) is 4.80. The number of ketones is 1. The van der Waals surface area contributed by atoms with Gasteiger partial charge in [-0.2, -0.15) is 0 Å². The van der Waals surface area contributed by atoms with Crippen molar-refractivity contribution >= 4 is 29.4 Å². The first-order valence-electron chi connectivity index (χ1n) is 10.5. The van der Waals surface area contributed by atoms with Crippen molar-refractivity contribution in [3.05, 3.63) is 29.8 Å². The van der Waals surface area contributed by atoms with E-state index in [0.29, 0.717) is 25.9 Å². The van der Waals surface area contributed by atoms with Crippen LogP contribution in [0.1, 0.15) is 64.9 Å². The molecule has 0 spiro atoms. The number of piperidine rings is 1. The maximum Gasteiger partial charge on any atom is 0.382 e. The summed E-state index contributed by atoms with van der Waals surface area (Å²) in [4.78, 5) is 39.5. The molecule has 5 nitrogen and oxygen atoms in total. The van der Waals surface area contributed by atoms with Crippen LogP contribution in [0.15, 0.2) is 24.3 Å². The quantitative estimate of drug-likeness (QED) is 0.365. The van der Waals surface area contributed by atoms with Crippen molar-refractivity contribution in [2.45, 2.75) is 65.3 Å². The lowest BCUT2D eigenvalue weighted by atomic mass is 9.79. The summed E-state index contributed by atoms with van der Waals surface area (Å²) >= 11 is 5.17. The Hall–Kier alpha value is -1.79. The Balaban J connectivity index is 2.55. The lowest BCUT2D eigenvalue weighted by Crippen LogP contribution is -2.69. The van der Waals surface area contributed by atoms with Crippen molar-refractivity contribution in [1.82, 2.24) is 0 Å². The van der Waals surface area contributed by atoms with Crippen LogP contribution >= 0.6 is 0 Å². The van der Waals surface area contributed by atoms with Crippen molar-refractivity contribution < 1.29 is 23.6 Å². The fraction of sp³-hybridized carbons (Fsp3) is 0.609. The molecule has 3 unspecified atom stereocenters. The minimum atomic E-state index is -0.752. The molecule has 0 aromatic heterocycles. The average molecular weight is 420 g/mol. The highest BCUT2D eigenvalue weighted by Gasteiger charge is 2.54. The number of hydrogen-bond donors (Lipinski definition) is 0. The van der Waals surface area contributed by atoms with E-state index < -0.39 is 28.3 Å². The third kappa shape index (κ3) is 4.53. The molecule has 160 valence electrons. The predicted octanol–water partition coefficient (Wildman–Crippen LogP) is 3.77. The Morgan fingerprint density at radius 1 is 1.17 bits per heavy atom. The summed E-state index contributed by atoms with van der Waals surface area (Å²) in [6.45, 7) is 8.41. The van der Waals surface area contributed by atoms with E-state index in [9.17, 15) is 14.4 Å². The van der Waals surface area contributed by atoms with Crippen LogP contribution < -0.4 is 4.74 Å². The Labute approximate surface area is 179 Å². The first kappa shape index (κ1) is 23.5. The molecule has 1 aromatic rings. The third-order valence-electron chi connectivity index (χ3n) is 6.49. The van der Waals surface area contributed by atoms with Crippen molar-refractivity contribution in [3.8, 4) is 5.75 Å². The zero-order valence-electron chi connectivity index (χ0n) is 18.2. The van der Waals surface area contributed by atoms with Gasteiger partial charge in [-0.3, -0.25) is 4.79 Å². The molecule has 1 saturated heterocycles. The van der Waals surface area contributed by atoms with Gasteiger partial charge in [-0.15, -0.1) is 0 Å². The summed E-state index contributed by atoms with van der Waals surface area (Å²) < 4.78 is 5.10. The van der Waals surface area contributed by atoms with Gasteiger partial charge < -0.3 is 22.2 Å². The Morgan fingerprint density at radius 2 is 1.79 bits per heavy atom. The predicted molar refractivity (Wildman–Crippen MR) is 116 cm³/mol. The molecule has 1 fully saturated rings. The van der Waals surface area contributed by atoms with Gasteiger partial charge in [-0.25, -0.2) is 9.28 Å². The van der Waals surface area contributed by atoms with Crippen molar-refractivity contribution in [1.29, 1.82) is 0 Å². The number of rotatable bonds is 8. The van der Waals surface area contributed by atoms with Crippen LogP contribution in [0.4, 0.5) is 0 Å². The molecule has 1 aliphatic rings. The van der Waals surface area contributed by atoms with E-state index in [4.69, 9.17) is 17.4 Å². The normalized spacial score (nSPS) is 24.7. The smallest absolute Gasteiger partial charge is 0.382 e.